The summed E-state index contributed by atoms with van der Waals surface area (Å²) in [5.41, 5.74) is 6.73. The van der Waals surface area contributed by atoms with E-state index in [2.05, 4.69) is 17.6 Å². The van der Waals surface area contributed by atoms with E-state index in [0.29, 0.717) is 0 Å². The van der Waals surface area contributed by atoms with Gasteiger partial charge in [-0.3, -0.25) is 9.78 Å². The molecule has 0 bridgehead atoms. The lowest BCUT2D eigenvalue weighted by molar-refractivity contribution is -0.137. The maximum Gasteiger partial charge on any atom is 0.321 e. The van der Waals surface area contributed by atoms with E-state index >= 15 is 0 Å². The van der Waals surface area contributed by atoms with Crippen LogP contribution in [0.3, 0.4) is 0 Å². The Morgan fingerprint density at radius 1 is 1.83 bits per heavy atom. The molecule has 6 heteroatoms. The van der Waals surface area contributed by atoms with Gasteiger partial charge < -0.3 is 10.8 Å². The molecule has 0 amide bonds. The first-order valence-electron chi connectivity index (χ1n) is 3.10. The van der Waals surface area contributed by atoms with Crippen LogP contribution in [0.2, 0.25) is 0 Å². The summed E-state index contributed by atoms with van der Waals surface area (Å²) in [6, 6.07) is -0.816. The van der Waals surface area contributed by atoms with Crippen LogP contribution >= 0.6 is 24.0 Å². The highest BCUT2D eigenvalue weighted by Gasteiger charge is 2.06. The second kappa shape index (κ2) is 7.08. The van der Waals surface area contributed by atoms with Crippen molar-refractivity contribution >= 4 is 29.9 Å². The molecular formula is C6H10N2O2S2. The molecule has 0 aliphatic rings. The largest absolute Gasteiger partial charge is 0.480 e. The highest BCUT2D eigenvalue weighted by molar-refractivity contribution is 7.80. The van der Waals surface area contributed by atoms with Gasteiger partial charge in [0.25, 0.3) is 0 Å². The molecule has 0 aromatic carbocycles. The third-order valence-corrected chi connectivity index (χ3v) is 1.78. The molecule has 1 aromatic rings. The van der Waals surface area contributed by atoms with Crippen LogP contribution in [0.25, 0.3) is 0 Å². The average molecular weight is 206 g/mol. The molecule has 1 rings (SSSR count). The summed E-state index contributed by atoms with van der Waals surface area (Å²) in [6.07, 6.45) is 1.77. The standard InChI is InChI=1S/C3H7NO2S.C3H3NS/c4-2(1-7)3(5)6;1-2-5-3-4-1/h2,7H,1,4H2,(H,5,6);1-3H/t2-;/m0./s1. The topological polar surface area (TPSA) is 76.2 Å². The van der Waals surface area contributed by atoms with Crippen molar-refractivity contribution in [3.63, 3.8) is 0 Å². The molecular weight excluding hydrogens is 196 g/mol. The van der Waals surface area contributed by atoms with Gasteiger partial charge in [0.15, 0.2) is 0 Å². The zero-order valence-electron chi connectivity index (χ0n) is 6.25. The van der Waals surface area contributed by atoms with E-state index in [9.17, 15) is 4.79 Å². The number of thiazole rings is 1. The van der Waals surface area contributed by atoms with Crippen LogP contribution in [0.4, 0.5) is 0 Å². The number of aromatic nitrogens is 1. The Balaban J connectivity index is 0.000000211. The van der Waals surface area contributed by atoms with Gasteiger partial charge in [-0.2, -0.15) is 12.6 Å². The van der Waals surface area contributed by atoms with Crippen molar-refractivity contribution in [2.75, 3.05) is 5.75 Å². The van der Waals surface area contributed by atoms with Crippen LogP contribution in [0.5, 0.6) is 0 Å². The number of carboxylic acids is 1. The zero-order chi connectivity index (χ0) is 9.40. The Labute approximate surface area is 79.8 Å². The highest BCUT2D eigenvalue weighted by atomic mass is 32.1. The smallest absolute Gasteiger partial charge is 0.321 e. The van der Waals surface area contributed by atoms with Crippen LogP contribution in [0, 0.1) is 0 Å². The summed E-state index contributed by atoms with van der Waals surface area (Å²) in [6.45, 7) is 0. The number of aliphatic carboxylic acids is 1. The number of nitrogens with two attached hydrogens (primary N) is 1. The number of hydrogen-bond acceptors (Lipinski definition) is 5. The van der Waals surface area contributed by atoms with Gasteiger partial charge in [0.05, 0.1) is 5.51 Å². The molecule has 0 saturated carbocycles. The molecule has 1 atom stereocenters. The molecule has 0 unspecified atom stereocenters. The van der Waals surface area contributed by atoms with E-state index in [-0.39, 0.29) is 5.75 Å². The van der Waals surface area contributed by atoms with Crippen molar-refractivity contribution < 1.29 is 9.90 Å². The second-order valence-electron chi connectivity index (χ2n) is 1.80. The van der Waals surface area contributed by atoms with Gasteiger partial charge in [0.2, 0.25) is 0 Å². The first-order valence-corrected chi connectivity index (χ1v) is 4.67. The number of carbonyl (C=O) groups is 1. The normalized spacial score (nSPS) is 11.2. The lowest BCUT2D eigenvalue weighted by Gasteiger charge is -1.96. The molecule has 0 saturated heterocycles. The zero-order valence-corrected chi connectivity index (χ0v) is 7.96. The highest BCUT2D eigenvalue weighted by Crippen LogP contribution is 1.85. The van der Waals surface area contributed by atoms with Crippen LogP contribution in [-0.4, -0.2) is 27.9 Å². The predicted octanol–water partition coefficient (Wildman–Crippen LogP) is 0.471. The van der Waals surface area contributed by atoms with Crippen molar-refractivity contribution in [1.82, 2.24) is 4.98 Å². The summed E-state index contributed by atoms with van der Waals surface area (Å²) in [4.78, 5) is 13.5. The maximum absolute atomic E-state index is 9.76. The molecule has 0 aliphatic carbocycles. The monoisotopic (exact) mass is 206 g/mol. The SMILES string of the molecule is N[C@@H](CS)C(=O)O.c1cscn1. The summed E-state index contributed by atoms with van der Waals surface area (Å²) in [7, 11) is 0. The quantitative estimate of drug-likeness (QED) is 0.615. The van der Waals surface area contributed by atoms with E-state index in [4.69, 9.17) is 10.8 Å². The summed E-state index contributed by atoms with van der Waals surface area (Å²) in [5.74, 6) is -0.815. The van der Waals surface area contributed by atoms with Crippen LogP contribution < -0.4 is 5.73 Å². The van der Waals surface area contributed by atoms with Gasteiger partial charge >= 0.3 is 5.97 Å². The molecule has 1 aromatic heterocycles. The predicted molar refractivity (Wildman–Crippen MR) is 51.6 cm³/mol. The molecule has 4 nitrogen and oxygen atoms in total. The molecule has 0 spiro atoms. The van der Waals surface area contributed by atoms with E-state index in [1.807, 2.05) is 5.38 Å². The first kappa shape index (κ1) is 11.4. The molecule has 68 valence electrons. The lowest BCUT2D eigenvalue weighted by atomic mass is 10.4. The molecule has 12 heavy (non-hydrogen) atoms. The second-order valence-corrected chi connectivity index (χ2v) is 2.92. The number of carboxylic acid groups (broad SMARTS) is 1. The Hall–Kier alpha value is -0.590. The number of thiol groups is 1. The molecule has 0 fully saturated rings. The van der Waals surface area contributed by atoms with Crippen LogP contribution in [-0.2, 0) is 4.79 Å². The Morgan fingerprint density at radius 2 is 2.50 bits per heavy atom. The maximum atomic E-state index is 9.76. The van der Waals surface area contributed by atoms with Gasteiger partial charge in [-0.1, -0.05) is 0 Å². The van der Waals surface area contributed by atoms with Crippen molar-refractivity contribution in [3.8, 4) is 0 Å². The molecule has 3 N–H and O–H groups in total. The summed E-state index contributed by atoms with van der Waals surface area (Å²) >= 11 is 5.25. The fourth-order valence-corrected chi connectivity index (χ4v) is 0.761. The van der Waals surface area contributed by atoms with E-state index in [0.717, 1.165) is 0 Å². The Morgan fingerprint density at radius 3 is 2.58 bits per heavy atom. The third kappa shape index (κ3) is 6.14. The van der Waals surface area contributed by atoms with Crippen LogP contribution in [0.15, 0.2) is 17.1 Å². The van der Waals surface area contributed by atoms with Gasteiger partial charge in [-0.05, 0) is 0 Å². The molecule has 0 aliphatic heterocycles. The van der Waals surface area contributed by atoms with Gasteiger partial charge in [-0.25, -0.2) is 0 Å². The number of nitrogens with zero attached hydrogens (tertiary/aromatic N) is 1. The van der Waals surface area contributed by atoms with Crippen molar-refractivity contribution in [1.29, 1.82) is 0 Å². The van der Waals surface area contributed by atoms with Gasteiger partial charge in [0.1, 0.15) is 6.04 Å². The van der Waals surface area contributed by atoms with Crippen molar-refractivity contribution in [2.24, 2.45) is 5.73 Å². The van der Waals surface area contributed by atoms with Crippen molar-refractivity contribution in [2.45, 2.75) is 6.04 Å². The summed E-state index contributed by atoms with van der Waals surface area (Å²) in [5, 5.41) is 9.94. The Bertz CT molecular complexity index is 186. The third-order valence-electron chi connectivity index (χ3n) is 0.861. The lowest BCUT2D eigenvalue weighted by Crippen LogP contribution is -2.31. The summed E-state index contributed by atoms with van der Waals surface area (Å²) < 4.78 is 0. The molecule has 0 radical (unpaired) electrons. The van der Waals surface area contributed by atoms with Gasteiger partial charge in [-0.15, -0.1) is 11.3 Å². The molecule has 1 heterocycles. The van der Waals surface area contributed by atoms with E-state index in [1.165, 1.54) is 0 Å². The van der Waals surface area contributed by atoms with Gasteiger partial charge in [0, 0.05) is 17.3 Å². The van der Waals surface area contributed by atoms with Crippen LogP contribution in [0.1, 0.15) is 0 Å². The van der Waals surface area contributed by atoms with E-state index < -0.39 is 12.0 Å². The number of rotatable bonds is 2. The fourth-order valence-electron chi connectivity index (χ4n) is 0.254. The minimum Gasteiger partial charge on any atom is -0.480 e. The van der Waals surface area contributed by atoms with E-state index in [1.54, 1.807) is 23.0 Å². The first-order chi connectivity index (χ1) is 5.68. The number of hydrogen-bond donors (Lipinski definition) is 3. The van der Waals surface area contributed by atoms with Crippen molar-refractivity contribution in [3.05, 3.63) is 17.1 Å². The fraction of sp³-hybridized carbons (Fsp3) is 0.333. The average Bonchev–Trinajstić information content (AvgIpc) is 2.59. The minimum atomic E-state index is -1.00. The Kier molecular flexibility index (Phi) is 6.73. The minimum absolute atomic E-state index is 0.190.